The van der Waals surface area contributed by atoms with Crippen molar-refractivity contribution in [1.29, 1.82) is 0 Å². The Bertz CT molecular complexity index is 595. The van der Waals surface area contributed by atoms with Crippen molar-refractivity contribution >= 4 is 5.97 Å². The number of aryl methyl sites for hydroxylation is 1. The minimum atomic E-state index is -1.14. The molecule has 0 atom stereocenters. The average molecular weight is 263 g/mol. The Kier molecular flexibility index (Phi) is 3.41. The third kappa shape index (κ3) is 2.24. The van der Waals surface area contributed by atoms with Crippen LogP contribution in [0.4, 0.5) is 0 Å². The summed E-state index contributed by atoms with van der Waals surface area (Å²) < 4.78 is 15.8. The fourth-order valence-corrected chi connectivity index (χ4v) is 1.76. The highest BCUT2D eigenvalue weighted by Crippen LogP contribution is 2.38. The molecule has 0 aliphatic heterocycles. The first-order valence-corrected chi connectivity index (χ1v) is 5.50. The molecule has 1 aromatic carbocycles. The zero-order valence-corrected chi connectivity index (χ0v) is 10.8. The van der Waals surface area contributed by atoms with Gasteiger partial charge >= 0.3 is 5.97 Å². The van der Waals surface area contributed by atoms with Crippen LogP contribution in [0.2, 0.25) is 0 Å². The predicted molar refractivity (Wildman–Crippen MR) is 66.7 cm³/mol. The van der Waals surface area contributed by atoms with E-state index in [1.54, 1.807) is 25.1 Å². The summed E-state index contributed by atoms with van der Waals surface area (Å²) in [6.45, 7) is 1.54. The van der Waals surface area contributed by atoms with Gasteiger partial charge in [-0.2, -0.15) is 0 Å². The van der Waals surface area contributed by atoms with Gasteiger partial charge in [-0.05, 0) is 19.1 Å². The number of benzene rings is 1. The molecule has 0 amide bonds. The molecule has 6 heteroatoms. The summed E-state index contributed by atoms with van der Waals surface area (Å²) in [4.78, 5) is 15.0. The number of aromatic carboxylic acids is 1. The molecule has 100 valence electrons. The van der Waals surface area contributed by atoms with E-state index >= 15 is 0 Å². The van der Waals surface area contributed by atoms with Crippen LogP contribution in [-0.2, 0) is 0 Å². The molecule has 2 rings (SSSR count). The van der Waals surface area contributed by atoms with E-state index in [4.69, 9.17) is 19.0 Å². The van der Waals surface area contributed by atoms with Gasteiger partial charge in [0.25, 0.3) is 0 Å². The van der Waals surface area contributed by atoms with Crippen LogP contribution in [-0.4, -0.2) is 30.3 Å². The Morgan fingerprint density at radius 2 is 1.84 bits per heavy atom. The van der Waals surface area contributed by atoms with Crippen molar-refractivity contribution in [2.24, 2.45) is 0 Å². The first kappa shape index (κ1) is 12.9. The number of methoxy groups -OCH3 is 2. The quantitative estimate of drug-likeness (QED) is 0.911. The third-order valence-corrected chi connectivity index (χ3v) is 2.64. The molecule has 6 nitrogen and oxygen atoms in total. The minimum Gasteiger partial charge on any atom is -0.496 e. The monoisotopic (exact) mass is 263 g/mol. The maximum absolute atomic E-state index is 11.0. The molecule has 0 saturated heterocycles. The average Bonchev–Trinajstić information content (AvgIpc) is 2.79. The van der Waals surface area contributed by atoms with Crippen LogP contribution >= 0.6 is 0 Å². The van der Waals surface area contributed by atoms with Crippen LogP contribution in [0.3, 0.4) is 0 Å². The van der Waals surface area contributed by atoms with E-state index in [0.29, 0.717) is 17.1 Å². The van der Waals surface area contributed by atoms with E-state index in [1.807, 2.05) is 0 Å². The van der Waals surface area contributed by atoms with Gasteiger partial charge in [0, 0.05) is 0 Å². The van der Waals surface area contributed by atoms with Crippen molar-refractivity contribution < 1.29 is 23.8 Å². The Labute approximate surface area is 109 Å². The van der Waals surface area contributed by atoms with Crippen LogP contribution in [0.5, 0.6) is 11.5 Å². The molecule has 0 bridgehead atoms. The van der Waals surface area contributed by atoms with Gasteiger partial charge in [-0.3, -0.25) is 0 Å². The highest BCUT2D eigenvalue weighted by Gasteiger charge is 2.22. The Morgan fingerprint density at radius 3 is 2.26 bits per heavy atom. The summed E-state index contributed by atoms with van der Waals surface area (Å²) in [7, 11) is 3.01. The van der Waals surface area contributed by atoms with Gasteiger partial charge < -0.3 is 19.0 Å². The van der Waals surface area contributed by atoms with Gasteiger partial charge in [0.15, 0.2) is 5.69 Å². The van der Waals surface area contributed by atoms with Crippen LogP contribution in [0, 0.1) is 6.92 Å². The number of carboxylic acids is 1. The van der Waals surface area contributed by atoms with Crippen molar-refractivity contribution in [3.8, 4) is 23.0 Å². The van der Waals surface area contributed by atoms with E-state index in [0.717, 1.165) is 0 Å². The molecule has 0 fully saturated rings. The maximum Gasteiger partial charge on any atom is 0.358 e. The van der Waals surface area contributed by atoms with Crippen LogP contribution in [0.25, 0.3) is 11.5 Å². The molecular weight excluding hydrogens is 250 g/mol. The first-order valence-electron chi connectivity index (χ1n) is 5.50. The normalized spacial score (nSPS) is 10.3. The number of ether oxygens (including phenoxy) is 2. The molecule has 1 N–H and O–H groups in total. The SMILES string of the molecule is COc1cccc(OC)c1-c1nc(C(=O)O)c(C)o1. The predicted octanol–water partition coefficient (Wildman–Crippen LogP) is 2.37. The third-order valence-electron chi connectivity index (χ3n) is 2.64. The number of aromatic nitrogens is 1. The van der Waals surface area contributed by atoms with Gasteiger partial charge in [0.1, 0.15) is 22.8 Å². The smallest absolute Gasteiger partial charge is 0.358 e. The van der Waals surface area contributed by atoms with Gasteiger partial charge in [-0.25, -0.2) is 9.78 Å². The lowest BCUT2D eigenvalue weighted by Crippen LogP contribution is -1.99. The topological polar surface area (TPSA) is 81.8 Å². The van der Waals surface area contributed by atoms with Crippen LogP contribution < -0.4 is 9.47 Å². The van der Waals surface area contributed by atoms with E-state index in [1.165, 1.54) is 14.2 Å². The van der Waals surface area contributed by atoms with Gasteiger partial charge in [-0.15, -0.1) is 0 Å². The number of hydrogen-bond donors (Lipinski definition) is 1. The van der Waals surface area contributed by atoms with Gasteiger partial charge in [0.2, 0.25) is 5.89 Å². The molecule has 0 aliphatic rings. The fourth-order valence-electron chi connectivity index (χ4n) is 1.76. The lowest BCUT2D eigenvalue weighted by Gasteiger charge is -2.09. The Balaban J connectivity index is 2.64. The zero-order valence-electron chi connectivity index (χ0n) is 10.8. The molecule has 1 aromatic heterocycles. The molecule has 0 spiro atoms. The van der Waals surface area contributed by atoms with E-state index in [-0.39, 0.29) is 17.3 Å². The molecule has 0 aliphatic carbocycles. The van der Waals surface area contributed by atoms with Gasteiger partial charge in [0.05, 0.1) is 14.2 Å². The standard InChI is InChI=1S/C13H13NO5/c1-7-11(13(15)16)14-12(19-7)10-8(17-2)5-4-6-9(10)18-3/h4-6H,1-3H3,(H,15,16). The summed E-state index contributed by atoms with van der Waals surface area (Å²) >= 11 is 0. The number of hydrogen-bond acceptors (Lipinski definition) is 5. The maximum atomic E-state index is 11.0. The van der Waals surface area contributed by atoms with Crippen molar-refractivity contribution in [2.75, 3.05) is 14.2 Å². The minimum absolute atomic E-state index is 0.122. The molecule has 0 radical (unpaired) electrons. The number of oxazole rings is 1. The van der Waals surface area contributed by atoms with E-state index in [2.05, 4.69) is 4.98 Å². The number of rotatable bonds is 4. The number of carbonyl (C=O) groups is 1. The summed E-state index contributed by atoms with van der Waals surface area (Å²) in [6, 6.07) is 5.20. The molecule has 2 aromatic rings. The van der Waals surface area contributed by atoms with Crippen LogP contribution in [0.15, 0.2) is 22.6 Å². The molecular formula is C13H13NO5. The highest BCUT2D eigenvalue weighted by atomic mass is 16.5. The van der Waals surface area contributed by atoms with Crippen molar-refractivity contribution in [1.82, 2.24) is 4.98 Å². The Morgan fingerprint density at radius 1 is 1.26 bits per heavy atom. The van der Waals surface area contributed by atoms with E-state index in [9.17, 15) is 4.79 Å². The van der Waals surface area contributed by atoms with Crippen LogP contribution in [0.1, 0.15) is 16.2 Å². The largest absolute Gasteiger partial charge is 0.496 e. The summed E-state index contributed by atoms with van der Waals surface area (Å²) in [5.41, 5.74) is 0.367. The first-order chi connectivity index (χ1) is 9.08. The van der Waals surface area contributed by atoms with Crippen molar-refractivity contribution in [2.45, 2.75) is 6.92 Å². The second-order valence-electron chi connectivity index (χ2n) is 3.77. The van der Waals surface area contributed by atoms with Crippen molar-refractivity contribution in [3.05, 3.63) is 29.7 Å². The zero-order chi connectivity index (χ0) is 14.0. The van der Waals surface area contributed by atoms with Gasteiger partial charge in [-0.1, -0.05) is 6.07 Å². The molecule has 0 unspecified atom stereocenters. The fraction of sp³-hybridized carbons (Fsp3) is 0.231. The summed E-state index contributed by atoms with van der Waals surface area (Å²) in [6.07, 6.45) is 0. The number of carboxylic acid groups (broad SMARTS) is 1. The lowest BCUT2D eigenvalue weighted by atomic mass is 10.1. The molecule has 19 heavy (non-hydrogen) atoms. The molecule has 1 heterocycles. The molecule has 0 saturated carbocycles. The second-order valence-corrected chi connectivity index (χ2v) is 3.77. The number of nitrogens with zero attached hydrogens (tertiary/aromatic N) is 1. The highest BCUT2D eigenvalue weighted by molar-refractivity contribution is 5.87. The van der Waals surface area contributed by atoms with Crippen molar-refractivity contribution in [3.63, 3.8) is 0 Å². The lowest BCUT2D eigenvalue weighted by molar-refractivity contribution is 0.0689. The summed E-state index contributed by atoms with van der Waals surface area (Å²) in [5.74, 6) is 0.246. The van der Waals surface area contributed by atoms with E-state index < -0.39 is 5.97 Å². The summed E-state index contributed by atoms with van der Waals surface area (Å²) in [5, 5.41) is 8.99. The second kappa shape index (κ2) is 5.01. The Hall–Kier alpha value is -2.50.